The van der Waals surface area contributed by atoms with Gasteiger partial charge in [0.15, 0.2) is 5.82 Å². The van der Waals surface area contributed by atoms with Crippen molar-refractivity contribution in [2.75, 3.05) is 5.32 Å². The number of carbonyl (C=O) groups excluding carboxylic acids is 1. The zero-order valence-corrected chi connectivity index (χ0v) is 14.5. The molecule has 1 heterocycles. The molecule has 4 aromatic rings. The van der Waals surface area contributed by atoms with Gasteiger partial charge in [0.2, 0.25) is 5.91 Å². The molecule has 4 rings (SSSR count). The minimum Gasteiger partial charge on any atom is -0.368 e. The molecule has 0 aliphatic carbocycles. The molecule has 0 aliphatic heterocycles. The summed E-state index contributed by atoms with van der Waals surface area (Å²) in [5.41, 5.74) is 8.15. The van der Waals surface area contributed by atoms with E-state index in [1.165, 1.54) is 0 Å². The fourth-order valence-corrected chi connectivity index (χ4v) is 3.00. The highest BCUT2D eigenvalue weighted by Crippen LogP contribution is 2.27. The molecule has 3 N–H and O–H groups in total. The summed E-state index contributed by atoms with van der Waals surface area (Å²) in [5.74, 6) is 0.699. The molecule has 132 valence electrons. The zero-order valence-electron chi connectivity index (χ0n) is 14.5. The average molecular weight is 354 g/mol. The summed E-state index contributed by atoms with van der Waals surface area (Å²) in [6, 6.07) is 26.1. The van der Waals surface area contributed by atoms with Crippen LogP contribution in [0.4, 0.5) is 5.82 Å². The minimum absolute atomic E-state index is 0.467. The van der Waals surface area contributed by atoms with Gasteiger partial charge >= 0.3 is 0 Å². The summed E-state index contributed by atoms with van der Waals surface area (Å²) in [7, 11) is 0. The first-order valence-electron chi connectivity index (χ1n) is 8.65. The normalized spacial score (nSPS) is 11.9. The monoisotopic (exact) mass is 354 g/mol. The van der Waals surface area contributed by atoms with Crippen LogP contribution in [-0.2, 0) is 4.79 Å². The molecule has 5 nitrogen and oxygen atoms in total. The molecule has 3 aromatic carbocycles. The first kappa shape index (κ1) is 16.7. The van der Waals surface area contributed by atoms with Gasteiger partial charge in [0, 0.05) is 10.9 Å². The van der Waals surface area contributed by atoms with E-state index in [4.69, 9.17) is 5.73 Å². The molecule has 0 saturated heterocycles. The maximum atomic E-state index is 12.1. The van der Waals surface area contributed by atoms with E-state index < -0.39 is 11.9 Å². The molecule has 0 radical (unpaired) electrons. The SMILES string of the molecule is NC(=O)C(Nc1nc(-c2ccccc2)nc2ccccc12)c1ccccc1. The molecule has 1 atom stereocenters. The Morgan fingerprint density at radius 1 is 0.815 bits per heavy atom. The molecule has 0 fully saturated rings. The maximum absolute atomic E-state index is 12.1. The summed E-state index contributed by atoms with van der Waals surface area (Å²) in [5, 5.41) is 4.05. The molecule has 5 heteroatoms. The topological polar surface area (TPSA) is 80.9 Å². The second-order valence-electron chi connectivity index (χ2n) is 6.17. The third kappa shape index (κ3) is 3.48. The number of para-hydroxylation sites is 1. The van der Waals surface area contributed by atoms with E-state index in [9.17, 15) is 4.79 Å². The van der Waals surface area contributed by atoms with Gasteiger partial charge < -0.3 is 11.1 Å². The van der Waals surface area contributed by atoms with E-state index in [1.807, 2.05) is 84.9 Å². The number of hydrogen-bond acceptors (Lipinski definition) is 4. The van der Waals surface area contributed by atoms with Crippen molar-refractivity contribution in [1.29, 1.82) is 0 Å². The van der Waals surface area contributed by atoms with Crippen LogP contribution in [0.15, 0.2) is 84.9 Å². The van der Waals surface area contributed by atoms with Crippen LogP contribution < -0.4 is 11.1 Å². The van der Waals surface area contributed by atoms with Gasteiger partial charge in [-0.1, -0.05) is 72.8 Å². The van der Waals surface area contributed by atoms with Crippen LogP contribution in [0.1, 0.15) is 11.6 Å². The number of aromatic nitrogens is 2. The first-order valence-corrected chi connectivity index (χ1v) is 8.65. The number of nitrogens with zero attached hydrogens (tertiary/aromatic N) is 2. The summed E-state index contributed by atoms with van der Waals surface area (Å²) in [6.07, 6.45) is 0. The van der Waals surface area contributed by atoms with E-state index in [0.717, 1.165) is 22.0 Å². The molecular weight excluding hydrogens is 336 g/mol. The van der Waals surface area contributed by atoms with Crippen LogP contribution >= 0.6 is 0 Å². The number of carbonyl (C=O) groups is 1. The highest BCUT2D eigenvalue weighted by molar-refractivity contribution is 5.93. The standard InChI is InChI=1S/C22H18N4O/c23-20(27)19(15-9-3-1-4-10-15)25-22-17-13-7-8-14-18(17)24-21(26-22)16-11-5-2-6-12-16/h1-14,19H,(H2,23,27)(H,24,25,26). The first-order chi connectivity index (χ1) is 13.2. The lowest BCUT2D eigenvalue weighted by molar-refractivity contribution is -0.118. The third-order valence-corrected chi connectivity index (χ3v) is 4.33. The highest BCUT2D eigenvalue weighted by Gasteiger charge is 2.20. The lowest BCUT2D eigenvalue weighted by Gasteiger charge is -2.18. The Bertz CT molecular complexity index is 1080. The van der Waals surface area contributed by atoms with Crippen molar-refractivity contribution in [2.24, 2.45) is 5.73 Å². The Morgan fingerprint density at radius 2 is 1.44 bits per heavy atom. The molecule has 0 bridgehead atoms. The van der Waals surface area contributed by atoms with Crippen LogP contribution in [0.3, 0.4) is 0 Å². The van der Waals surface area contributed by atoms with Gasteiger partial charge in [0.05, 0.1) is 5.52 Å². The van der Waals surface area contributed by atoms with Gasteiger partial charge in [0.25, 0.3) is 0 Å². The average Bonchev–Trinajstić information content (AvgIpc) is 2.72. The fourth-order valence-electron chi connectivity index (χ4n) is 3.00. The van der Waals surface area contributed by atoms with Crippen LogP contribution in [0.5, 0.6) is 0 Å². The van der Waals surface area contributed by atoms with Crippen LogP contribution in [0, 0.1) is 0 Å². The van der Waals surface area contributed by atoms with E-state index in [0.29, 0.717) is 11.6 Å². The smallest absolute Gasteiger partial charge is 0.244 e. The Labute approximate surface area is 156 Å². The van der Waals surface area contributed by atoms with Crippen molar-refractivity contribution in [2.45, 2.75) is 6.04 Å². The summed E-state index contributed by atoms with van der Waals surface area (Å²) in [6.45, 7) is 0. The second-order valence-corrected chi connectivity index (χ2v) is 6.17. The third-order valence-electron chi connectivity index (χ3n) is 4.33. The van der Waals surface area contributed by atoms with E-state index in [-0.39, 0.29) is 0 Å². The maximum Gasteiger partial charge on any atom is 0.244 e. The van der Waals surface area contributed by atoms with Crippen molar-refractivity contribution in [3.63, 3.8) is 0 Å². The van der Waals surface area contributed by atoms with Gasteiger partial charge in [-0.15, -0.1) is 0 Å². The molecule has 0 saturated carbocycles. The number of nitrogens with two attached hydrogens (primary N) is 1. The molecule has 0 aliphatic rings. The Kier molecular flexibility index (Phi) is 4.49. The number of benzene rings is 3. The lowest BCUT2D eigenvalue weighted by Crippen LogP contribution is -2.28. The Hall–Kier alpha value is -3.73. The molecule has 1 amide bonds. The van der Waals surface area contributed by atoms with Gasteiger partial charge in [0.1, 0.15) is 11.9 Å². The minimum atomic E-state index is -0.687. The van der Waals surface area contributed by atoms with Crippen LogP contribution in [0.2, 0.25) is 0 Å². The van der Waals surface area contributed by atoms with Gasteiger partial charge in [-0.2, -0.15) is 0 Å². The molecule has 1 unspecified atom stereocenters. The number of hydrogen-bond donors (Lipinski definition) is 2. The summed E-state index contributed by atoms with van der Waals surface area (Å²) in [4.78, 5) is 21.5. The molecule has 0 spiro atoms. The molecular formula is C22H18N4O. The van der Waals surface area contributed by atoms with E-state index in [1.54, 1.807) is 0 Å². The predicted molar refractivity (Wildman–Crippen MR) is 107 cm³/mol. The quantitative estimate of drug-likeness (QED) is 0.569. The van der Waals surface area contributed by atoms with E-state index in [2.05, 4.69) is 15.3 Å². The number of anilines is 1. The number of rotatable bonds is 5. The lowest BCUT2D eigenvalue weighted by atomic mass is 10.1. The number of primary amides is 1. The predicted octanol–water partition coefficient (Wildman–Crippen LogP) is 3.94. The van der Waals surface area contributed by atoms with Crippen molar-refractivity contribution < 1.29 is 4.79 Å². The van der Waals surface area contributed by atoms with Gasteiger partial charge in [-0.3, -0.25) is 4.79 Å². The Balaban J connectivity index is 1.83. The van der Waals surface area contributed by atoms with Gasteiger partial charge in [-0.25, -0.2) is 9.97 Å². The largest absolute Gasteiger partial charge is 0.368 e. The van der Waals surface area contributed by atoms with Crippen molar-refractivity contribution in [3.05, 3.63) is 90.5 Å². The number of amides is 1. The molecule has 27 heavy (non-hydrogen) atoms. The van der Waals surface area contributed by atoms with Crippen LogP contribution in [0.25, 0.3) is 22.3 Å². The summed E-state index contributed by atoms with van der Waals surface area (Å²) < 4.78 is 0. The zero-order chi connectivity index (χ0) is 18.6. The van der Waals surface area contributed by atoms with Crippen molar-refractivity contribution in [3.8, 4) is 11.4 Å². The Morgan fingerprint density at radius 3 is 2.15 bits per heavy atom. The fraction of sp³-hybridized carbons (Fsp3) is 0.0455. The van der Waals surface area contributed by atoms with Crippen molar-refractivity contribution >= 4 is 22.6 Å². The number of nitrogens with one attached hydrogen (secondary N) is 1. The number of fused-ring (bicyclic) bond motifs is 1. The van der Waals surface area contributed by atoms with Gasteiger partial charge in [-0.05, 0) is 17.7 Å². The van der Waals surface area contributed by atoms with E-state index >= 15 is 0 Å². The highest BCUT2D eigenvalue weighted by atomic mass is 16.1. The molecule has 1 aromatic heterocycles. The van der Waals surface area contributed by atoms with Crippen LogP contribution in [-0.4, -0.2) is 15.9 Å². The van der Waals surface area contributed by atoms with Crippen molar-refractivity contribution in [1.82, 2.24) is 9.97 Å². The second kappa shape index (κ2) is 7.25. The summed E-state index contributed by atoms with van der Waals surface area (Å²) >= 11 is 0.